The summed E-state index contributed by atoms with van der Waals surface area (Å²) < 4.78 is 10.6. The summed E-state index contributed by atoms with van der Waals surface area (Å²) in [5.74, 6) is 0.514. The third kappa shape index (κ3) is 7.68. The maximum Gasteiger partial charge on any atom is 0.336 e. The number of amides is 1. The Morgan fingerprint density at radius 2 is 1.53 bits per heavy atom. The van der Waals surface area contributed by atoms with Crippen molar-refractivity contribution in [3.05, 3.63) is 88.5 Å². The molecule has 3 aromatic carbocycles. The van der Waals surface area contributed by atoms with Crippen molar-refractivity contribution >= 4 is 11.9 Å². The average molecular weight is 518 g/mol. The zero-order valence-corrected chi connectivity index (χ0v) is 23.2. The van der Waals surface area contributed by atoms with Gasteiger partial charge in [-0.2, -0.15) is 0 Å². The lowest BCUT2D eigenvalue weighted by Gasteiger charge is -2.17. The lowest BCUT2D eigenvalue weighted by Crippen LogP contribution is -2.37. The van der Waals surface area contributed by atoms with Crippen LogP contribution in [0.1, 0.15) is 59.3 Å². The molecule has 2 atom stereocenters. The van der Waals surface area contributed by atoms with Crippen molar-refractivity contribution in [3.8, 4) is 16.9 Å². The Bertz CT molecular complexity index is 1210. The van der Waals surface area contributed by atoms with Gasteiger partial charge in [-0.15, -0.1) is 0 Å². The summed E-state index contributed by atoms with van der Waals surface area (Å²) in [4.78, 5) is 23.5. The molecule has 2 unspecified atom stereocenters. The van der Waals surface area contributed by atoms with E-state index >= 15 is 0 Å². The van der Waals surface area contributed by atoms with Gasteiger partial charge in [-0.1, -0.05) is 57.2 Å². The number of nitrogens with one attached hydrogen (secondary N) is 1. The summed E-state index contributed by atoms with van der Waals surface area (Å²) >= 11 is 0. The molecule has 0 saturated heterocycles. The van der Waals surface area contributed by atoms with Crippen molar-refractivity contribution in [1.29, 1.82) is 0 Å². The van der Waals surface area contributed by atoms with E-state index in [1.54, 1.807) is 12.1 Å². The van der Waals surface area contributed by atoms with Gasteiger partial charge in [-0.25, -0.2) is 4.79 Å². The molecule has 0 aliphatic carbocycles. The zero-order valence-electron chi connectivity index (χ0n) is 23.2. The molecule has 38 heavy (non-hydrogen) atoms. The monoisotopic (exact) mass is 517 g/mol. The maximum absolute atomic E-state index is 12.3. The molecule has 0 aliphatic rings. The first kappa shape index (κ1) is 28.9. The first-order valence-electron chi connectivity index (χ1n) is 13.1. The minimum absolute atomic E-state index is 0.202. The van der Waals surface area contributed by atoms with Crippen molar-refractivity contribution in [3.63, 3.8) is 0 Å². The standard InChI is InChI=1S/C32H39NO5/c1-20(2)25-11-13-26(14-12-25)30-22(4)16-28(17-23(30)5)38-19-21(3)15-24-7-9-27(10-8-24)31(35)33-18-29(34)32(36)37-6/h7-14,16-17,20-21,29,34H,15,18-19H2,1-6H3,(H,33,35). The van der Waals surface area contributed by atoms with Crippen LogP contribution in [0.2, 0.25) is 0 Å². The van der Waals surface area contributed by atoms with Crippen molar-refractivity contribution in [2.45, 2.75) is 53.1 Å². The number of methoxy groups -OCH3 is 1. The second-order valence-electron chi connectivity index (χ2n) is 10.3. The molecule has 6 heteroatoms. The molecule has 0 aliphatic heterocycles. The molecule has 0 saturated carbocycles. The van der Waals surface area contributed by atoms with E-state index in [2.05, 4.69) is 81.1 Å². The smallest absolute Gasteiger partial charge is 0.336 e. The lowest BCUT2D eigenvalue weighted by atomic mass is 9.93. The Balaban J connectivity index is 1.54. The number of hydrogen-bond acceptors (Lipinski definition) is 5. The van der Waals surface area contributed by atoms with Crippen molar-refractivity contribution < 1.29 is 24.2 Å². The molecule has 0 spiro atoms. The van der Waals surface area contributed by atoms with E-state index in [0.717, 1.165) is 17.7 Å². The van der Waals surface area contributed by atoms with Gasteiger partial charge in [0.05, 0.1) is 20.3 Å². The van der Waals surface area contributed by atoms with Crippen LogP contribution in [0.3, 0.4) is 0 Å². The average Bonchev–Trinajstić information content (AvgIpc) is 2.90. The second kappa shape index (κ2) is 13.2. The van der Waals surface area contributed by atoms with Gasteiger partial charge in [0, 0.05) is 5.56 Å². The number of aliphatic hydroxyl groups excluding tert-OH is 1. The quantitative estimate of drug-likeness (QED) is 0.323. The molecule has 0 bridgehead atoms. The van der Waals surface area contributed by atoms with E-state index in [-0.39, 0.29) is 18.4 Å². The van der Waals surface area contributed by atoms with Crippen LogP contribution in [-0.2, 0) is 16.0 Å². The highest BCUT2D eigenvalue weighted by Crippen LogP contribution is 2.32. The third-order valence-corrected chi connectivity index (χ3v) is 6.64. The van der Waals surface area contributed by atoms with Crippen LogP contribution < -0.4 is 10.1 Å². The van der Waals surface area contributed by atoms with E-state index in [4.69, 9.17) is 4.74 Å². The summed E-state index contributed by atoms with van der Waals surface area (Å²) in [6.07, 6.45) is -0.578. The Morgan fingerprint density at radius 3 is 2.08 bits per heavy atom. The number of aryl methyl sites for hydroxylation is 2. The first-order chi connectivity index (χ1) is 18.1. The fourth-order valence-corrected chi connectivity index (χ4v) is 4.50. The van der Waals surface area contributed by atoms with Gasteiger partial charge in [0.1, 0.15) is 5.75 Å². The van der Waals surface area contributed by atoms with Gasteiger partial charge in [0.15, 0.2) is 6.10 Å². The molecule has 0 heterocycles. The first-order valence-corrected chi connectivity index (χ1v) is 13.1. The van der Waals surface area contributed by atoms with Crippen LogP contribution in [0.15, 0.2) is 60.7 Å². The van der Waals surface area contributed by atoms with Gasteiger partial charge in [-0.3, -0.25) is 4.79 Å². The van der Waals surface area contributed by atoms with Crippen molar-refractivity contribution in [1.82, 2.24) is 5.32 Å². The summed E-state index contributed by atoms with van der Waals surface area (Å²) in [7, 11) is 1.18. The molecule has 0 aromatic heterocycles. The normalized spacial score (nSPS) is 12.6. The molecule has 0 fully saturated rings. The molecule has 202 valence electrons. The number of ether oxygens (including phenoxy) is 2. The molecule has 6 nitrogen and oxygen atoms in total. The molecule has 3 aromatic rings. The summed E-state index contributed by atoms with van der Waals surface area (Å²) in [5.41, 5.74) is 7.76. The van der Waals surface area contributed by atoms with Crippen LogP contribution in [0.4, 0.5) is 0 Å². The Kier molecular flexibility index (Phi) is 10.1. The van der Waals surface area contributed by atoms with E-state index in [0.29, 0.717) is 18.1 Å². The minimum Gasteiger partial charge on any atom is -0.493 e. The Morgan fingerprint density at radius 1 is 0.921 bits per heavy atom. The largest absolute Gasteiger partial charge is 0.493 e. The predicted octanol–water partition coefficient (Wildman–Crippen LogP) is 5.62. The van der Waals surface area contributed by atoms with Crippen LogP contribution in [0.25, 0.3) is 11.1 Å². The fraction of sp³-hybridized carbons (Fsp3) is 0.375. The molecule has 1 amide bonds. The predicted molar refractivity (Wildman–Crippen MR) is 151 cm³/mol. The van der Waals surface area contributed by atoms with Crippen molar-refractivity contribution in [2.24, 2.45) is 5.92 Å². The molecule has 3 rings (SSSR count). The van der Waals surface area contributed by atoms with Gasteiger partial charge in [-0.05, 0) is 89.8 Å². The second-order valence-corrected chi connectivity index (χ2v) is 10.3. The van der Waals surface area contributed by atoms with Crippen LogP contribution >= 0.6 is 0 Å². The number of hydrogen-bond donors (Lipinski definition) is 2. The summed E-state index contributed by atoms with van der Waals surface area (Å²) in [5, 5.41) is 12.1. The maximum atomic E-state index is 12.3. The number of carbonyl (C=O) groups is 2. The zero-order chi connectivity index (χ0) is 27.8. The van der Waals surface area contributed by atoms with E-state index in [9.17, 15) is 14.7 Å². The van der Waals surface area contributed by atoms with E-state index < -0.39 is 12.1 Å². The molecular weight excluding hydrogens is 478 g/mol. The van der Waals surface area contributed by atoms with Crippen molar-refractivity contribution in [2.75, 3.05) is 20.3 Å². The van der Waals surface area contributed by atoms with E-state index in [1.165, 1.54) is 34.9 Å². The summed E-state index contributed by atoms with van der Waals surface area (Å²) in [6.45, 7) is 11.2. The Labute approximate surface area is 226 Å². The minimum atomic E-state index is -1.39. The van der Waals surface area contributed by atoms with Crippen LogP contribution in [-0.4, -0.2) is 43.3 Å². The highest BCUT2D eigenvalue weighted by atomic mass is 16.5. The number of esters is 1. The number of benzene rings is 3. The van der Waals surface area contributed by atoms with Gasteiger partial charge >= 0.3 is 5.97 Å². The Hall–Kier alpha value is -3.64. The third-order valence-electron chi connectivity index (χ3n) is 6.64. The summed E-state index contributed by atoms with van der Waals surface area (Å²) in [6, 6.07) is 20.3. The number of aliphatic hydroxyl groups is 1. The highest BCUT2D eigenvalue weighted by molar-refractivity contribution is 5.94. The van der Waals surface area contributed by atoms with E-state index in [1.807, 2.05) is 12.1 Å². The molecular formula is C32H39NO5. The number of rotatable bonds is 11. The molecule has 2 N–H and O–H groups in total. The SMILES string of the molecule is COC(=O)C(O)CNC(=O)c1ccc(CC(C)COc2cc(C)c(-c3ccc(C(C)C)cc3)c(C)c2)cc1. The van der Waals surface area contributed by atoms with Crippen LogP contribution in [0.5, 0.6) is 5.75 Å². The van der Waals surface area contributed by atoms with Gasteiger partial charge in [0.25, 0.3) is 5.91 Å². The number of carbonyl (C=O) groups excluding carboxylic acids is 2. The van der Waals surface area contributed by atoms with Crippen LogP contribution in [0, 0.1) is 19.8 Å². The fourth-order valence-electron chi connectivity index (χ4n) is 4.50. The topological polar surface area (TPSA) is 84.9 Å². The lowest BCUT2D eigenvalue weighted by molar-refractivity contribution is -0.149. The van der Waals surface area contributed by atoms with Gasteiger partial charge < -0.3 is 19.9 Å². The highest BCUT2D eigenvalue weighted by Gasteiger charge is 2.17. The van der Waals surface area contributed by atoms with Gasteiger partial charge in [0.2, 0.25) is 0 Å². The molecule has 0 radical (unpaired) electrons.